The molecule has 26 heavy (non-hydrogen) atoms. The van der Waals surface area contributed by atoms with Gasteiger partial charge in [-0.25, -0.2) is 4.39 Å². The van der Waals surface area contributed by atoms with Crippen LogP contribution in [-0.4, -0.2) is 10.5 Å². The number of nitrogens with zero attached hydrogens (tertiary/aromatic N) is 1. The first-order valence-electron chi connectivity index (χ1n) is 7.99. The second-order valence-electron chi connectivity index (χ2n) is 5.85. The molecule has 3 nitrogen and oxygen atoms in total. The standard InChI is InChI=1S/C20H14ClFN2OS/c21-15-10-14(6-7-16(15)22)23-20(25)18-11-19-17(8-9-26-19)24(18)12-13-4-2-1-3-5-13/h1-11H,12H2,(H,23,25). The maximum Gasteiger partial charge on any atom is 0.272 e. The molecule has 0 spiro atoms. The van der Waals surface area contributed by atoms with Crippen molar-refractivity contribution < 1.29 is 9.18 Å². The second-order valence-corrected chi connectivity index (χ2v) is 7.21. The van der Waals surface area contributed by atoms with Crippen molar-refractivity contribution in [1.29, 1.82) is 0 Å². The zero-order valence-corrected chi connectivity index (χ0v) is 15.2. The number of benzene rings is 2. The van der Waals surface area contributed by atoms with Gasteiger partial charge in [-0.05, 0) is 41.3 Å². The van der Waals surface area contributed by atoms with Crippen molar-refractivity contribution in [2.75, 3.05) is 5.32 Å². The van der Waals surface area contributed by atoms with Crippen molar-refractivity contribution in [1.82, 2.24) is 4.57 Å². The Balaban J connectivity index is 1.68. The molecule has 130 valence electrons. The molecule has 0 saturated heterocycles. The van der Waals surface area contributed by atoms with Crippen LogP contribution in [-0.2, 0) is 6.54 Å². The molecule has 0 atom stereocenters. The molecule has 0 fully saturated rings. The molecule has 1 amide bonds. The summed E-state index contributed by atoms with van der Waals surface area (Å²) in [6.07, 6.45) is 0. The van der Waals surface area contributed by atoms with Crippen molar-refractivity contribution >= 4 is 44.7 Å². The Morgan fingerprint density at radius 1 is 1.12 bits per heavy atom. The zero-order valence-electron chi connectivity index (χ0n) is 13.6. The van der Waals surface area contributed by atoms with Gasteiger partial charge < -0.3 is 9.88 Å². The summed E-state index contributed by atoms with van der Waals surface area (Å²) in [7, 11) is 0. The van der Waals surface area contributed by atoms with Gasteiger partial charge in [0.2, 0.25) is 0 Å². The largest absolute Gasteiger partial charge is 0.331 e. The third-order valence-electron chi connectivity index (χ3n) is 4.12. The Kier molecular flexibility index (Phi) is 4.49. The molecule has 0 bridgehead atoms. The van der Waals surface area contributed by atoms with Crippen molar-refractivity contribution in [3.63, 3.8) is 0 Å². The predicted molar refractivity (Wildman–Crippen MR) is 105 cm³/mol. The van der Waals surface area contributed by atoms with Gasteiger partial charge in [0, 0.05) is 12.2 Å². The van der Waals surface area contributed by atoms with E-state index in [0.29, 0.717) is 17.9 Å². The maximum atomic E-state index is 13.3. The van der Waals surface area contributed by atoms with Crippen LogP contribution in [0.4, 0.5) is 10.1 Å². The van der Waals surface area contributed by atoms with E-state index < -0.39 is 5.82 Å². The van der Waals surface area contributed by atoms with E-state index >= 15 is 0 Å². The summed E-state index contributed by atoms with van der Waals surface area (Å²) in [5.74, 6) is -0.773. The molecule has 0 aliphatic carbocycles. The zero-order chi connectivity index (χ0) is 18.1. The van der Waals surface area contributed by atoms with Crippen LogP contribution >= 0.6 is 22.9 Å². The normalized spacial score (nSPS) is 11.0. The summed E-state index contributed by atoms with van der Waals surface area (Å²) in [4.78, 5) is 12.8. The molecule has 1 N–H and O–H groups in total. The fourth-order valence-corrected chi connectivity index (χ4v) is 3.87. The first kappa shape index (κ1) is 16.8. The highest BCUT2D eigenvalue weighted by Crippen LogP contribution is 2.27. The van der Waals surface area contributed by atoms with Gasteiger partial charge >= 0.3 is 0 Å². The summed E-state index contributed by atoms with van der Waals surface area (Å²) >= 11 is 7.39. The Bertz CT molecular complexity index is 1090. The Hall–Kier alpha value is -2.63. The third kappa shape index (κ3) is 3.23. The summed E-state index contributed by atoms with van der Waals surface area (Å²) in [6, 6.07) is 18.0. The van der Waals surface area contributed by atoms with Gasteiger partial charge in [0.05, 0.1) is 15.2 Å². The third-order valence-corrected chi connectivity index (χ3v) is 5.26. The first-order chi connectivity index (χ1) is 12.6. The van der Waals surface area contributed by atoms with Gasteiger partial charge in [-0.15, -0.1) is 11.3 Å². The second kappa shape index (κ2) is 6.94. The van der Waals surface area contributed by atoms with E-state index in [4.69, 9.17) is 11.6 Å². The van der Waals surface area contributed by atoms with Crippen LogP contribution in [0.5, 0.6) is 0 Å². The highest BCUT2D eigenvalue weighted by molar-refractivity contribution is 7.17. The van der Waals surface area contributed by atoms with Gasteiger partial charge in [-0.2, -0.15) is 0 Å². The molecule has 0 saturated carbocycles. The quantitative estimate of drug-likeness (QED) is 0.474. The van der Waals surface area contributed by atoms with Crippen molar-refractivity contribution in [2.45, 2.75) is 6.54 Å². The van der Waals surface area contributed by atoms with E-state index in [0.717, 1.165) is 15.8 Å². The van der Waals surface area contributed by atoms with Crippen LogP contribution in [0.25, 0.3) is 10.2 Å². The number of carbonyl (C=O) groups is 1. The van der Waals surface area contributed by atoms with Crippen LogP contribution in [0.15, 0.2) is 66.0 Å². The van der Waals surface area contributed by atoms with Gasteiger partial charge in [0.15, 0.2) is 0 Å². The topological polar surface area (TPSA) is 34.0 Å². The Morgan fingerprint density at radius 3 is 2.69 bits per heavy atom. The predicted octanol–water partition coefficient (Wildman–Crippen LogP) is 5.80. The molecular weight excluding hydrogens is 371 g/mol. The number of fused-ring (bicyclic) bond motifs is 1. The maximum absolute atomic E-state index is 13.3. The number of nitrogens with one attached hydrogen (secondary N) is 1. The average molecular weight is 385 g/mol. The molecule has 0 aliphatic rings. The van der Waals surface area contributed by atoms with Gasteiger partial charge in [-0.1, -0.05) is 41.9 Å². The first-order valence-corrected chi connectivity index (χ1v) is 9.24. The summed E-state index contributed by atoms with van der Waals surface area (Å²) in [5.41, 5.74) is 3.13. The Morgan fingerprint density at radius 2 is 1.92 bits per heavy atom. The van der Waals surface area contributed by atoms with E-state index in [9.17, 15) is 9.18 Å². The minimum Gasteiger partial charge on any atom is -0.331 e. The molecule has 0 radical (unpaired) electrons. The van der Waals surface area contributed by atoms with Gasteiger partial charge in [0.25, 0.3) is 5.91 Å². The molecule has 2 aromatic carbocycles. The molecule has 6 heteroatoms. The van der Waals surface area contributed by atoms with E-state index in [-0.39, 0.29) is 10.9 Å². The lowest BCUT2D eigenvalue weighted by atomic mass is 10.2. The average Bonchev–Trinajstić information content (AvgIpc) is 3.22. The lowest BCUT2D eigenvalue weighted by molar-refractivity contribution is 0.101. The van der Waals surface area contributed by atoms with Gasteiger partial charge in [0.1, 0.15) is 11.5 Å². The number of thiophene rings is 1. The molecule has 0 unspecified atom stereocenters. The van der Waals surface area contributed by atoms with Gasteiger partial charge in [-0.3, -0.25) is 4.79 Å². The fourth-order valence-electron chi connectivity index (χ4n) is 2.87. The lowest BCUT2D eigenvalue weighted by Crippen LogP contribution is -2.17. The molecule has 4 rings (SSSR count). The fraction of sp³-hybridized carbons (Fsp3) is 0.0500. The highest BCUT2D eigenvalue weighted by atomic mass is 35.5. The van der Waals surface area contributed by atoms with E-state index in [1.807, 2.05) is 52.4 Å². The number of hydrogen-bond acceptors (Lipinski definition) is 2. The summed E-state index contributed by atoms with van der Waals surface area (Å²) < 4.78 is 16.3. The van der Waals surface area contributed by atoms with Crippen LogP contribution in [0.1, 0.15) is 16.1 Å². The molecular formula is C20H14ClFN2OS. The van der Waals surface area contributed by atoms with Crippen LogP contribution in [0.2, 0.25) is 5.02 Å². The number of rotatable bonds is 4. The van der Waals surface area contributed by atoms with Crippen molar-refractivity contribution in [3.8, 4) is 0 Å². The number of carbonyl (C=O) groups excluding carboxylic acids is 1. The molecule has 2 aromatic heterocycles. The SMILES string of the molecule is O=C(Nc1ccc(F)c(Cl)c1)c1cc2sccc2n1Cc1ccccc1. The highest BCUT2D eigenvalue weighted by Gasteiger charge is 2.17. The number of halogens is 2. The molecule has 0 aliphatic heterocycles. The van der Waals surface area contributed by atoms with Crippen LogP contribution in [0, 0.1) is 5.82 Å². The molecule has 4 aromatic rings. The smallest absolute Gasteiger partial charge is 0.272 e. The van der Waals surface area contributed by atoms with E-state index in [2.05, 4.69) is 5.32 Å². The van der Waals surface area contributed by atoms with Crippen LogP contribution in [0.3, 0.4) is 0 Å². The minimum absolute atomic E-state index is 0.0246. The van der Waals surface area contributed by atoms with Crippen molar-refractivity contribution in [2.24, 2.45) is 0 Å². The number of amides is 1. The monoisotopic (exact) mass is 384 g/mol. The Labute approximate surface area is 158 Å². The summed E-state index contributed by atoms with van der Waals surface area (Å²) in [6.45, 7) is 0.591. The summed E-state index contributed by atoms with van der Waals surface area (Å²) in [5, 5.41) is 4.78. The van der Waals surface area contributed by atoms with E-state index in [1.54, 1.807) is 11.3 Å². The molecule has 2 heterocycles. The van der Waals surface area contributed by atoms with E-state index in [1.165, 1.54) is 18.2 Å². The lowest BCUT2D eigenvalue weighted by Gasteiger charge is -2.11. The van der Waals surface area contributed by atoms with Crippen LogP contribution < -0.4 is 5.32 Å². The number of anilines is 1. The number of hydrogen-bond donors (Lipinski definition) is 1. The van der Waals surface area contributed by atoms with Crippen molar-refractivity contribution in [3.05, 3.63) is 88.1 Å². The number of aromatic nitrogens is 1. The minimum atomic E-state index is -0.516.